The van der Waals surface area contributed by atoms with Crippen LogP contribution >= 0.6 is 11.8 Å². The number of para-hydroxylation sites is 1. The molecule has 0 spiro atoms. The van der Waals surface area contributed by atoms with Gasteiger partial charge in [0.05, 0.1) is 23.2 Å². The van der Waals surface area contributed by atoms with Gasteiger partial charge < -0.3 is 5.32 Å². The fourth-order valence-electron chi connectivity index (χ4n) is 3.37. The summed E-state index contributed by atoms with van der Waals surface area (Å²) in [6.45, 7) is 2.91. The number of benzene rings is 3. The van der Waals surface area contributed by atoms with Crippen molar-refractivity contribution in [3.05, 3.63) is 106 Å². The second-order valence-electron chi connectivity index (χ2n) is 7.34. The molecule has 1 N–H and O–H groups in total. The van der Waals surface area contributed by atoms with Crippen LogP contribution in [0, 0.1) is 6.92 Å². The molecule has 0 bridgehead atoms. The molecule has 0 saturated carbocycles. The molecule has 4 rings (SSSR count). The Labute approximate surface area is 185 Å². The average molecular weight is 430 g/mol. The van der Waals surface area contributed by atoms with Crippen molar-refractivity contribution in [1.29, 1.82) is 0 Å². The van der Waals surface area contributed by atoms with Crippen LogP contribution in [0.15, 0.2) is 88.8 Å². The third-order valence-electron chi connectivity index (χ3n) is 4.91. The van der Waals surface area contributed by atoms with Gasteiger partial charge in [0.1, 0.15) is 0 Å². The predicted molar refractivity (Wildman–Crippen MR) is 125 cm³/mol. The van der Waals surface area contributed by atoms with Crippen molar-refractivity contribution in [2.45, 2.75) is 25.2 Å². The lowest BCUT2D eigenvalue weighted by atomic mass is 10.1. The number of carbonyl (C=O) groups excluding carboxylic acids is 1. The largest absolute Gasteiger partial charge is 0.351 e. The minimum absolute atomic E-state index is 0.0971. The van der Waals surface area contributed by atoms with E-state index in [4.69, 9.17) is 0 Å². The van der Waals surface area contributed by atoms with Gasteiger partial charge in [-0.25, -0.2) is 4.98 Å². The van der Waals surface area contributed by atoms with Gasteiger partial charge in [0.25, 0.3) is 5.56 Å². The molecule has 5 nitrogen and oxygen atoms in total. The molecule has 6 heteroatoms. The van der Waals surface area contributed by atoms with E-state index in [1.54, 1.807) is 10.6 Å². The summed E-state index contributed by atoms with van der Waals surface area (Å²) in [4.78, 5) is 30.3. The Bertz CT molecular complexity index is 1270. The maximum absolute atomic E-state index is 13.2. The van der Waals surface area contributed by atoms with Crippen molar-refractivity contribution in [2.75, 3.05) is 5.75 Å². The lowest BCUT2D eigenvalue weighted by Crippen LogP contribution is -2.27. The normalized spacial score (nSPS) is 10.9. The molecule has 0 radical (unpaired) electrons. The summed E-state index contributed by atoms with van der Waals surface area (Å²) >= 11 is 1.28. The van der Waals surface area contributed by atoms with Gasteiger partial charge >= 0.3 is 0 Å². The number of rotatable bonds is 7. The Kier molecular flexibility index (Phi) is 6.48. The Balaban J connectivity index is 1.53. The third kappa shape index (κ3) is 5.22. The summed E-state index contributed by atoms with van der Waals surface area (Å²) in [7, 11) is 0. The van der Waals surface area contributed by atoms with Gasteiger partial charge in [-0.3, -0.25) is 14.2 Å². The number of fused-ring (bicyclic) bond motifs is 1. The zero-order valence-corrected chi connectivity index (χ0v) is 18.1. The van der Waals surface area contributed by atoms with Crippen molar-refractivity contribution < 1.29 is 4.79 Å². The monoisotopic (exact) mass is 429 g/mol. The minimum atomic E-state index is -0.0999. The van der Waals surface area contributed by atoms with E-state index in [9.17, 15) is 9.59 Å². The standard InChI is InChI=1S/C25H23N3O2S/c1-18-8-7-11-20(14-18)15-26-23(29)17-31-25-27-22-13-6-5-12-21(22)24(30)28(25)16-19-9-3-2-4-10-19/h2-14H,15-17H2,1H3,(H,26,29). The minimum Gasteiger partial charge on any atom is -0.351 e. The maximum atomic E-state index is 13.2. The van der Waals surface area contributed by atoms with Crippen molar-refractivity contribution in [1.82, 2.24) is 14.9 Å². The van der Waals surface area contributed by atoms with Gasteiger partial charge in [0, 0.05) is 6.54 Å². The highest BCUT2D eigenvalue weighted by Crippen LogP contribution is 2.19. The first-order valence-electron chi connectivity index (χ1n) is 10.1. The molecule has 0 saturated heterocycles. The fraction of sp³-hybridized carbons (Fsp3) is 0.160. The SMILES string of the molecule is Cc1cccc(CNC(=O)CSc2nc3ccccc3c(=O)n2Cc2ccccc2)c1. The first-order valence-corrected chi connectivity index (χ1v) is 11.1. The van der Waals surface area contributed by atoms with Gasteiger partial charge in [0.15, 0.2) is 5.16 Å². The van der Waals surface area contributed by atoms with Crippen LogP contribution in [0.1, 0.15) is 16.7 Å². The first kappa shape index (κ1) is 20.9. The molecule has 1 heterocycles. The lowest BCUT2D eigenvalue weighted by Gasteiger charge is -2.13. The van der Waals surface area contributed by atoms with E-state index in [0.29, 0.717) is 29.1 Å². The van der Waals surface area contributed by atoms with E-state index >= 15 is 0 Å². The Morgan fingerprint density at radius 1 is 0.968 bits per heavy atom. The van der Waals surface area contributed by atoms with Crippen molar-refractivity contribution in [3.8, 4) is 0 Å². The van der Waals surface area contributed by atoms with E-state index in [1.807, 2.05) is 73.7 Å². The summed E-state index contributed by atoms with van der Waals surface area (Å²) in [5, 5.41) is 4.06. The number of hydrogen-bond acceptors (Lipinski definition) is 4. The molecule has 0 fully saturated rings. The highest BCUT2D eigenvalue weighted by molar-refractivity contribution is 7.99. The fourth-order valence-corrected chi connectivity index (χ4v) is 4.20. The molecule has 3 aromatic carbocycles. The number of aromatic nitrogens is 2. The van der Waals surface area contributed by atoms with Gasteiger partial charge in [-0.2, -0.15) is 0 Å². The van der Waals surface area contributed by atoms with E-state index < -0.39 is 0 Å². The van der Waals surface area contributed by atoms with E-state index in [-0.39, 0.29) is 17.2 Å². The highest BCUT2D eigenvalue weighted by Gasteiger charge is 2.13. The van der Waals surface area contributed by atoms with Crippen molar-refractivity contribution in [2.24, 2.45) is 0 Å². The Hall–Kier alpha value is -3.38. The lowest BCUT2D eigenvalue weighted by molar-refractivity contribution is -0.118. The molecule has 156 valence electrons. The van der Waals surface area contributed by atoms with Gasteiger partial charge in [0.2, 0.25) is 5.91 Å². The topological polar surface area (TPSA) is 64.0 Å². The van der Waals surface area contributed by atoms with Crippen LogP contribution < -0.4 is 10.9 Å². The molecule has 4 aromatic rings. The van der Waals surface area contributed by atoms with E-state index in [1.165, 1.54) is 11.8 Å². The average Bonchev–Trinajstić information content (AvgIpc) is 2.79. The molecule has 0 unspecified atom stereocenters. The van der Waals surface area contributed by atoms with Crippen LogP contribution in [0.3, 0.4) is 0 Å². The summed E-state index contributed by atoms with van der Waals surface area (Å²) in [6, 6.07) is 25.1. The zero-order valence-electron chi connectivity index (χ0n) is 17.2. The summed E-state index contributed by atoms with van der Waals surface area (Å²) < 4.78 is 1.65. The van der Waals surface area contributed by atoms with Crippen LogP contribution in [0.2, 0.25) is 0 Å². The molecule has 1 amide bonds. The number of nitrogens with one attached hydrogen (secondary N) is 1. The molecule has 0 aliphatic carbocycles. The highest BCUT2D eigenvalue weighted by atomic mass is 32.2. The van der Waals surface area contributed by atoms with Crippen LogP contribution in [-0.2, 0) is 17.9 Å². The van der Waals surface area contributed by atoms with Crippen LogP contribution in [0.4, 0.5) is 0 Å². The number of carbonyl (C=O) groups is 1. The van der Waals surface area contributed by atoms with Gasteiger partial charge in [-0.15, -0.1) is 0 Å². The zero-order chi connectivity index (χ0) is 21.6. The van der Waals surface area contributed by atoms with Gasteiger partial charge in [-0.05, 0) is 30.2 Å². The quantitative estimate of drug-likeness (QED) is 0.354. The molecular formula is C25H23N3O2S. The Morgan fingerprint density at radius 2 is 1.71 bits per heavy atom. The third-order valence-corrected chi connectivity index (χ3v) is 5.89. The molecular weight excluding hydrogens is 406 g/mol. The van der Waals surface area contributed by atoms with Crippen molar-refractivity contribution >= 4 is 28.6 Å². The van der Waals surface area contributed by atoms with Crippen molar-refractivity contribution in [3.63, 3.8) is 0 Å². The molecule has 0 aliphatic heterocycles. The van der Waals surface area contributed by atoms with Crippen LogP contribution in [0.5, 0.6) is 0 Å². The summed E-state index contributed by atoms with van der Waals surface area (Å²) in [5.74, 6) is 0.0888. The number of aryl methyl sites for hydroxylation is 1. The number of thioether (sulfide) groups is 1. The first-order chi connectivity index (χ1) is 15.1. The second kappa shape index (κ2) is 9.62. The molecule has 0 atom stereocenters. The molecule has 1 aromatic heterocycles. The summed E-state index contributed by atoms with van der Waals surface area (Å²) in [6.07, 6.45) is 0. The molecule has 31 heavy (non-hydrogen) atoms. The Morgan fingerprint density at radius 3 is 2.52 bits per heavy atom. The van der Waals surface area contributed by atoms with Gasteiger partial charge in [-0.1, -0.05) is 84.1 Å². The maximum Gasteiger partial charge on any atom is 0.262 e. The number of hydrogen-bond donors (Lipinski definition) is 1. The number of amides is 1. The van der Waals surface area contributed by atoms with E-state index in [2.05, 4.69) is 16.4 Å². The predicted octanol–water partition coefficient (Wildman–Crippen LogP) is 4.16. The van der Waals surface area contributed by atoms with Crippen LogP contribution in [0.25, 0.3) is 10.9 Å². The molecule has 0 aliphatic rings. The smallest absolute Gasteiger partial charge is 0.262 e. The van der Waals surface area contributed by atoms with E-state index in [0.717, 1.165) is 16.7 Å². The van der Waals surface area contributed by atoms with Crippen LogP contribution in [-0.4, -0.2) is 21.2 Å². The summed E-state index contributed by atoms with van der Waals surface area (Å²) in [5.41, 5.74) is 3.76. The number of nitrogens with zero attached hydrogens (tertiary/aromatic N) is 2. The second-order valence-corrected chi connectivity index (χ2v) is 8.29.